The fourth-order valence-corrected chi connectivity index (χ4v) is 1.16. The first-order valence-electron chi connectivity index (χ1n) is 3.71. The molecule has 2 rings (SSSR count). The fraction of sp³-hybridized carbons (Fsp3) is 0. The van der Waals surface area contributed by atoms with Gasteiger partial charge in [0.05, 0.1) is 5.69 Å². The van der Waals surface area contributed by atoms with Crippen LogP contribution >= 0.6 is 0 Å². The van der Waals surface area contributed by atoms with Crippen molar-refractivity contribution >= 4 is 5.97 Å². The number of aromatic nitrogens is 2. The first-order chi connectivity index (χ1) is 6.29. The van der Waals surface area contributed by atoms with Gasteiger partial charge in [0.15, 0.2) is 0 Å². The van der Waals surface area contributed by atoms with Crippen LogP contribution in [0.25, 0.3) is 11.3 Å². The summed E-state index contributed by atoms with van der Waals surface area (Å²) in [5, 5.41) is 8.83. The van der Waals surface area contributed by atoms with Crippen molar-refractivity contribution in [2.45, 2.75) is 0 Å². The Balaban J connectivity index is 0.000000980. The number of hydrogen-bond donors (Lipinski definition) is 1. The summed E-state index contributed by atoms with van der Waals surface area (Å²) in [6.07, 6.45) is 4.44. The molecule has 2 aliphatic rings. The van der Waals surface area contributed by atoms with Crippen LogP contribution in [0.2, 0.25) is 0 Å². The van der Waals surface area contributed by atoms with Crippen molar-refractivity contribution in [2.24, 2.45) is 0 Å². The molecule has 0 amide bonds. The molecule has 0 saturated heterocycles. The maximum absolute atomic E-state index is 10.8. The summed E-state index contributed by atoms with van der Waals surface area (Å²) >= 11 is 0. The molecular formula is C9H8N2O3. The minimum absolute atomic E-state index is 0. The van der Waals surface area contributed by atoms with E-state index in [1.165, 1.54) is 6.20 Å². The molecule has 0 saturated carbocycles. The molecule has 0 atom stereocenters. The highest BCUT2D eigenvalue weighted by Gasteiger charge is 2.13. The van der Waals surface area contributed by atoms with Crippen molar-refractivity contribution in [1.82, 2.24) is 9.97 Å². The van der Waals surface area contributed by atoms with Crippen molar-refractivity contribution in [1.29, 1.82) is 0 Å². The van der Waals surface area contributed by atoms with Gasteiger partial charge in [-0.1, -0.05) is 0 Å². The predicted octanol–water partition coefficient (Wildman–Crippen LogP) is 0.455. The van der Waals surface area contributed by atoms with Crippen LogP contribution in [-0.2, 0) is 0 Å². The Bertz CT molecular complexity index is 430. The lowest BCUT2D eigenvalue weighted by Gasteiger charge is -1.93. The SMILES string of the molecule is O.O=C(O)c1cnccc2ccnc1-2. The van der Waals surface area contributed by atoms with Gasteiger partial charge in [0.25, 0.3) is 0 Å². The molecule has 0 bridgehead atoms. The summed E-state index contributed by atoms with van der Waals surface area (Å²) in [4.78, 5) is 18.5. The molecule has 0 spiro atoms. The summed E-state index contributed by atoms with van der Waals surface area (Å²) in [6, 6.07) is 3.48. The molecule has 5 heteroatoms. The fourth-order valence-electron chi connectivity index (χ4n) is 1.16. The maximum atomic E-state index is 10.8. The van der Waals surface area contributed by atoms with Gasteiger partial charge >= 0.3 is 5.97 Å². The van der Waals surface area contributed by atoms with Crippen molar-refractivity contribution in [3.63, 3.8) is 0 Å². The third kappa shape index (κ3) is 1.53. The average Bonchev–Trinajstić information content (AvgIpc) is 2.44. The molecule has 0 aromatic heterocycles. The van der Waals surface area contributed by atoms with Gasteiger partial charge in [-0.25, -0.2) is 4.79 Å². The van der Waals surface area contributed by atoms with Gasteiger partial charge in [0, 0.05) is 24.2 Å². The molecule has 0 aromatic rings. The van der Waals surface area contributed by atoms with E-state index in [-0.39, 0.29) is 11.0 Å². The number of carboxylic acid groups (broad SMARTS) is 1. The van der Waals surface area contributed by atoms with Crippen LogP contribution in [0.5, 0.6) is 0 Å². The number of rotatable bonds is 1. The highest BCUT2D eigenvalue weighted by atomic mass is 16.4. The number of nitrogens with zero attached hydrogens (tertiary/aromatic N) is 2. The van der Waals surface area contributed by atoms with Crippen molar-refractivity contribution < 1.29 is 15.4 Å². The van der Waals surface area contributed by atoms with Crippen molar-refractivity contribution in [3.8, 4) is 11.3 Å². The average molecular weight is 192 g/mol. The molecule has 2 aliphatic heterocycles. The molecule has 0 fully saturated rings. The van der Waals surface area contributed by atoms with Crippen LogP contribution in [0.15, 0.2) is 30.7 Å². The van der Waals surface area contributed by atoms with E-state index in [0.717, 1.165) is 5.56 Å². The van der Waals surface area contributed by atoms with E-state index in [4.69, 9.17) is 5.11 Å². The first kappa shape index (κ1) is 10.1. The Labute approximate surface area is 79.7 Å². The summed E-state index contributed by atoms with van der Waals surface area (Å²) in [5.74, 6) is -1.01. The quantitative estimate of drug-likeness (QED) is 0.709. The van der Waals surface area contributed by atoms with Crippen molar-refractivity contribution in [3.05, 3.63) is 36.3 Å². The van der Waals surface area contributed by atoms with Gasteiger partial charge in [0.2, 0.25) is 0 Å². The Kier molecular flexibility index (Phi) is 2.73. The zero-order chi connectivity index (χ0) is 9.26. The summed E-state index contributed by atoms with van der Waals surface area (Å²) in [6.45, 7) is 0. The lowest BCUT2D eigenvalue weighted by Crippen LogP contribution is -1.97. The van der Waals surface area contributed by atoms with Crippen molar-refractivity contribution in [2.75, 3.05) is 0 Å². The van der Waals surface area contributed by atoms with E-state index in [2.05, 4.69) is 9.97 Å². The van der Waals surface area contributed by atoms with Gasteiger partial charge in [-0.05, 0) is 12.1 Å². The van der Waals surface area contributed by atoms with E-state index in [1.807, 2.05) is 0 Å². The first-order valence-corrected chi connectivity index (χ1v) is 3.71. The Morgan fingerprint density at radius 3 is 2.71 bits per heavy atom. The number of hydrogen-bond acceptors (Lipinski definition) is 3. The number of fused-ring (bicyclic) bond motifs is 1. The zero-order valence-corrected chi connectivity index (χ0v) is 7.14. The minimum Gasteiger partial charge on any atom is -0.478 e. The molecule has 0 aromatic carbocycles. The van der Waals surface area contributed by atoms with Gasteiger partial charge in [-0.2, -0.15) is 0 Å². The van der Waals surface area contributed by atoms with Crippen LogP contribution in [-0.4, -0.2) is 26.5 Å². The summed E-state index contributed by atoms with van der Waals surface area (Å²) in [7, 11) is 0. The Morgan fingerprint density at radius 2 is 2.00 bits per heavy atom. The highest BCUT2D eigenvalue weighted by molar-refractivity contribution is 5.94. The standard InChI is InChI=1S/C9H6N2O2.H2O/c12-9(13)7-5-10-3-1-6-2-4-11-8(6)7;/h1-5H,(H,12,13);1H2. The van der Waals surface area contributed by atoms with Gasteiger partial charge < -0.3 is 10.6 Å². The lowest BCUT2D eigenvalue weighted by molar-refractivity contribution is 0.0697. The molecular weight excluding hydrogens is 184 g/mol. The van der Waals surface area contributed by atoms with E-state index in [0.29, 0.717) is 5.69 Å². The van der Waals surface area contributed by atoms with Crippen LogP contribution < -0.4 is 0 Å². The third-order valence-electron chi connectivity index (χ3n) is 1.76. The van der Waals surface area contributed by atoms with E-state index in [9.17, 15) is 4.79 Å². The minimum atomic E-state index is -1.01. The summed E-state index contributed by atoms with van der Waals surface area (Å²) < 4.78 is 0. The normalized spacial score (nSPS) is 9.43. The summed E-state index contributed by atoms with van der Waals surface area (Å²) in [5.41, 5.74) is 1.39. The Morgan fingerprint density at radius 1 is 1.29 bits per heavy atom. The van der Waals surface area contributed by atoms with Gasteiger partial charge in [-0.15, -0.1) is 0 Å². The molecule has 0 aliphatic carbocycles. The lowest BCUT2D eigenvalue weighted by atomic mass is 10.1. The van der Waals surface area contributed by atoms with E-state index < -0.39 is 5.97 Å². The number of carboxylic acids is 1. The largest absolute Gasteiger partial charge is 0.478 e. The molecule has 0 unspecified atom stereocenters. The van der Waals surface area contributed by atoms with Crippen LogP contribution in [0.1, 0.15) is 10.4 Å². The van der Waals surface area contributed by atoms with Crippen LogP contribution in [0.4, 0.5) is 0 Å². The maximum Gasteiger partial charge on any atom is 0.339 e. The molecule has 3 N–H and O–H groups in total. The molecule has 5 nitrogen and oxygen atoms in total. The topological polar surface area (TPSA) is 94.6 Å². The molecule has 14 heavy (non-hydrogen) atoms. The smallest absolute Gasteiger partial charge is 0.339 e. The zero-order valence-electron chi connectivity index (χ0n) is 7.14. The number of carbonyl (C=O) groups is 1. The molecule has 72 valence electrons. The second kappa shape index (κ2) is 3.80. The molecule has 2 heterocycles. The molecule has 0 radical (unpaired) electrons. The van der Waals surface area contributed by atoms with Crippen LogP contribution in [0.3, 0.4) is 0 Å². The third-order valence-corrected chi connectivity index (χ3v) is 1.76. The second-order valence-corrected chi connectivity index (χ2v) is 2.56. The number of aromatic carboxylic acids is 1. The van der Waals surface area contributed by atoms with Gasteiger partial charge in [-0.3, -0.25) is 9.97 Å². The Hall–Kier alpha value is -2.01. The van der Waals surface area contributed by atoms with Gasteiger partial charge in [0.1, 0.15) is 5.56 Å². The monoisotopic (exact) mass is 192 g/mol. The predicted molar refractivity (Wildman–Crippen MR) is 49.2 cm³/mol. The highest BCUT2D eigenvalue weighted by Crippen LogP contribution is 2.21. The van der Waals surface area contributed by atoms with E-state index in [1.54, 1.807) is 24.5 Å². The van der Waals surface area contributed by atoms with Crippen LogP contribution in [0, 0.1) is 0 Å². The van der Waals surface area contributed by atoms with E-state index >= 15 is 0 Å². The second-order valence-electron chi connectivity index (χ2n) is 2.56.